The van der Waals surface area contributed by atoms with Crippen molar-refractivity contribution in [2.45, 2.75) is 199 Å². The van der Waals surface area contributed by atoms with Gasteiger partial charge in [-0.15, -0.1) is 0 Å². The maximum atomic E-state index is 12.7. The van der Waals surface area contributed by atoms with Crippen molar-refractivity contribution in [1.29, 1.82) is 0 Å². The van der Waals surface area contributed by atoms with Crippen LogP contribution in [0.25, 0.3) is 0 Å². The molecule has 0 saturated carbocycles. The highest BCUT2D eigenvalue weighted by atomic mass is 31.2. The van der Waals surface area contributed by atoms with E-state index < -0.39 is 45.2 Å². The number of carbonyl (C=O) groups excluding carboxylic acids is 1. The molecule has 0 radical (unpaired) electrons. The molecule has 0 bridgehead atoms. The Labute approximate surface area is 293 Å². The van der Waals surface area contributed by atoms with E-state index in [0.29, 0.717) is 6.42 Å². The molecule has 0 spiro atoms. The molecule has 48 heavy (non-hydrogen) atoms. The van der Waals surface area contributed by atoms with Gasteiger partial charge in [-0.3, -0.25) is 9.36 Å². The summed E-state index contributed by atoms with van der Waals surface area (Å²) in [6, 6.07) is -2.29. The second-order valence-electron chi connectivity index (χ2n) is 13.5. The molecule has 0 aliphatic heterocycles. The average Bonchev–Trinajstić information content (AvgIpc) is 3.06. The van der Waals surface area contributed by atoms with Crippen LogP contribution in [0.5, 0.6) is 0 Å². The second kappa shape index (κ2) is 32.9. The number of carboxylic acids is 1. The molecule has 0 aromatic carbocycles. The second-order valence-corrected chi connectivity index (χ2v) is 14.9. The standard InChI is InChI=1S/C37H73N2O8P/c1-3-5-7-9-11-13-15-17-19-21-23-25-27-29-35(40)34(32-47-48(44,45)46-31-33(38)37(42)43)39-36(41)30-28-26-24-22-20-18-16-14-12-10-8-6-4-2/h27,29,33-35,40H,3-26,28,30-32,38H2,1-2H3,(H,39,41)(H,42,43)(H,44,45)/b29-27+/t33-,34-,35+/m0/s1. The minimum absolute atomic E-state index is 0.275. The Hall–Kier alpha value is -1.29. The first-order valence-electron chi connectivity index (χ1n) is 19.4. The summed E-state index contributed by atoms with van der Waals surface area (Å²) < 4.78 is 21.8. The molecule has 0 aliphatic carbocycles. The summed E-state index contributed by atoms with van der Waals surface area (Å²) in [5.41, 5.74) is 3.32. The third-order valence-corrected chi connectivity index (χ3v) is 9.70. The minimum Gasteiger partial charge on any atom is -0.756 e. The van der Waals surface area contributed by atoms with Crippen LogP contribution in [0.3, 0.4) is 0 Å². The van der Waals surface area contributed by atoms with E-state index in [9.17, 15) is 24.2 Å². The Morgan fingerprint density at radius 1 is 0.708 bits per heavy atom. The van der Waals surface area contributed by atoms with Gasteiger partial charge in [0.1, 0.15) is 6.61 Å². The van der Waals surface area contributed by atoms with E-state index in [1.165, 1.54) is 116 Å². The molecule has 1 unspecified atom stereocenters. The monoisotopic (exact) mass is 705 g/mol. The Bertz CT molecular complexity index is 844. The number of phosphoric acid groups is 1. The Kier molecular flexibility index (Phi) is 32.0. The van der Waals surface area contributed by atoms with Crippen LogP contribution >= 0.6 is 7.82 Å². The highest BCUT2D eigenvalue weighted by molar-refractivity contribution is 7.45. The Morgan fingerprint density at radius 2 is 1.10 bits per heavy atom. The molecule has 0 rings (SSSR count). The lowest BCUT2D eigenvalue weighted by Crippen LogP contribution is -2.67. The number of quaternary nitrogens is 1. The van der Waals surface area contributed by atoms with Gasteiger partial charge in [-0.05, 0) is 19.3 Å². The summed E-state index contributed by atoms with van der Waals surface area (Å²) in [4.78, 5) is 35.9. The highest BCUT2D eigenvalue weighted by Crippen LogP contribution is 2.38. The van der Waals surface area contributed by atoms with Crippen molar-refractivity contribution in [2.24, 2.45) is 0 Å². The molecule has 1 amide bonds. The van der Waals surface area contributed by atoms with Gasteiger partial charge in [-0.25, -0.2) is 4.79 Å². The lowest BCUT2D eigenvalue weighted by Gasteiger charge is -2.27. The van der Waals surface area contributed by atoms with Crippen molar-refractivity contribution < 1.29 is 44.0 Å². The molecule has 0 aliphatic rings. The zero-order valence-corrected chi connectivity index (χ0v) is 31.6. The van der Waals surface area contributed by atoms with Crippen LogP contribution in [0.15, 0.2) is 12.2 Å². The largest absolute Gasteiger partial charge is 0.756 e. The number of carboxylic acid groups (broad SMARTS) is 1. The number of amides is 1. The third-order valence-electron chi connectivity index (χ3n) is 8.77. The SMILES string of the molecule is CCCCCCCCCCCCC/C=C/[C@@H](O)[C@H](COP(=O)([O-])OC[C@H]([NH3+])C(=O)O)NC(=O)CCCCCCCCCCCCCCC. The van der Waals surface area contributed by atoms with E-state index in [0.717, 1.165) is 38.5 Å². The van der Waals surface area contributed by atoms with Crippen molar-refractivity contribution in [2.75, 3.05) is 13.2 Å². The number of carbonyl (C=O) groups is 2. The van der Waals surface area contributed by atoms with E-state index in [2.05, 4.69) is 29.4 Å². The number of allylic oxidation sites excluding steroid dienone is 1. The fourth-order valence-corrected chi connectivity index (χ4v) is 6.35. The maximum absolute atomic E-state index is 12.7. The summed E-state index contributed by atoms with van der Waals surface area (Å²) in [5, 5.41) is 22.4. The normalized spacial score (nSPS) is 14.9. The molecule has 0 heterocycles. The molecule has 11 heteroatoms. The molecule has 0 aromatic rings. The first-order valence-corrected chi connectivity index (χ1v) is 20.9. The highest BCUT2D eigenvalue weighted by Gasteiger charge is 2.24. The predicted molar refractivity (Wildman–Crippen MR) is 192 cm³/mol. The van der Waals surface area contributed by atoms with E-state index in [1.807, 2.05) is 6.08 Å². The summed E-state index contributed by atoms with van der Waals surface area (Å²) >= 11 is 0. The summed E-state index contributed by atoms with van der Waals surface area (Å²) in [5.74, 6) is -1.58. The number of nitrogens with one attached hydrogen (secondary N) is 1. The van der Waals surface area contributed by atoms with Crippen molar-refractivity contribution in [3.05, 3.63) is 12.2 Å². The van der Waals surface area contributed by atoms with Crippen LogP contribution in [0.1, 0.15) is 181 Å². The molecule has 4 atom stereocenters. The number of aliphatic carboxylic acids is 1. The third kappa shape index (κ3) is 30.7. The molecule has 10 nitrogen and oxygen atoms in total. The van der Waals surface area contributed by atoms with Gasteiger partial charge < -0.3 is 35.2 Å². The first-order chi connectivity index (χ1) is 23.1. The molecule has 284 valence electrons. The smallest absolute Gasteiger partial charge is 0.364 e. The summed E-state index contributed by atoms with van der Waals surface area (Å²) in [7, 11) is -4.87. The Morgan fingerprint density at radius 3 is 1.54 bits per heavy atom. The number of hydrogen-bond donors (Lipinski definition) is 4. The number of phosphoric ester groups is 1. The number of aliphatic hydroxyl groups is 1. The first kappa shape index (κ1) is 46.7. The van der Waals surface area contributed by atoms with Gasteiger partial charge in [-0.2, -0.15) is 0 Å². The van der Waals surface area contributed by atoms with Crippen molar-refractivity contribution in [1.82, 2.24) is 5.32 Å². The maximum Gasteiger partial charge on any atom is 0.364 e. The lowest BCUT2D eigenvalue weighted by molar-refractivity contribution is -0.413. The van der Waals surface area contributed by atoms with Crippen LogP contribution in [0.4, 0.5) is 0 Å². The molecule has 0 aromatic heterocycles. The minimum atomic E-state index is -4.87. The van der Waals surface area contributed by atoms with E-state index in [1.54, 1.807) is 6.08 Å². The van der Waals surface area contributed by atoms with Crippen LogP contribution < -0.4 is 15.9 Å². The van der Waals surface area contributed by atoms with Crippen molar-refractivity contribution in [3.8, 4) is 0 Å². The Balaban J connectivity index is 4.52. The van der Waals surface area contributed by atoms with Crippen LogP contribution in [-0.2, 0) is 23.2 Å². The van der Waals surface area contributed by atoms with Gasteiger partial charge in [0, 0.05) is 6.42 Å². The fourth-order valence-electron chi connectivity index (χ4n) is 5.57. The van der Waals surface area contributed by atoms with Gasteiger partial charge in [0.15, 0.2) is 0 Å². The number of unbranched alkanes of at least 4 members (excludes halogenated alkanes) is 23. The quantitative estimate of drug-likeness (QED) is 0.0291. The number of hydrogen-bond acceptors (Lipinski definition) is 7. The van der Waals surface area contributed by atoms with Gasteiger partial charge in [-0.1, -0.05) is 167 Å². The molecular formula is C37H73N2O8P. The lowest BCUT2D eigenvalue weighted by atomic mass is 10.0. The summed E-state index contributed by atoms with van der Waals surface area (Å²) in [6.45, 7) is 3.26. The topological polar surface area (TPSA) is 173 Å². The number of rotatable bonds is 36. The van der Waals surface area contributed by atoms with Crippen molar-refractivity contribution >= 4 is 19.7 Å². The van der Waals surface area contributed by atoms with Gasteiger partial charge in [0.05, 0.1) is 18.8 Å². The zero-order valence-electron chi connectivity index (χ0n) is 30.7. The van der Waals surface area contributed by atoms with Gasteiger partial charge >= 0.3 is 5.97 Å². The molecule has 0 fully saturated rings. The van der Waals surface area contributed by atoms with E-state index >= 15 is 0 Å². The molecule has 6 N–H and O–H groups in total. The average molecular weight is 705 g/mol. The predicted octanol–water partition coefficient (Wildman–Crippen LogP) is 7.77. The van der Waals surface area contributed by atoms with Crippen LogP contribution in [-0.4, -0.2) is 53.5 Å². The zero-order chi connectivity index (χ0) is 35.7. The van der Waals surface area contributed by atoms with Gasteiger partial charge in [0.25, 0.3) is 7.82 Å². The summed E-state index contributed by atoms with van der Waals surface area (Å²) in [6.07, 6.45) is 32.7. The molecular weight excluding hydrogens is 631 g/mol. The van der Waals surface area contributed by atoms with E-state index in [-0.39, 0.29) is 12.3 Å². The van der Waals surface area contributed by atoms with Gasteiger partial charge in [0.2, 0.25) is 11.9 Å². The molecule has 0 saturated heterocycles. The number of aliphatic hydroxyl groups excluding tert-OH is 1. The van der Waals surface area contributed by atoms with Crippen molar-refractivity contribution in [3.63, 3.8) is 0 Å². The van der Waals surface area contributed by atoms with Crippen LogP contribution in [0.2, 0.25) is 0 Å². The fraction of sp³-hybridized carbons (Fsp3) is 0.892. The van der Waals surface area contributed by atoms with E-state index in [4.69, 9.17) is 9.63 Å². The van der Waals surface area contributed by atoms with Crippen LogP contribution in [0, 0.1) is 0 Å².